The molecule has 124 valence electrons. The molecular weight excluding hydrogens is 312 g/mol. The highest BCUT2D eigenvalue weighted by Gasteiger charge is 2.18. The van der Waals surface area contributed by atoms with Gasteiger partial charge >= 0.3 is 5.69 Å². The Labute approximate surface area is 137 Å². The first-order valence-electron chi connectivity index (χ1n) is 7.35. The number of carbonyl (C=O) groups excluding carboxylic acids is 1. The van der Waals surface area contributed by atoms with Gasteiger partial charge in [0.25, 0.3) is 0 Å². The van der Waals surface area contributed by atoms with Crippen molar-refractivity contribution in [3.05, 3.63) is 46.8 Å². The Hall–Kier alpha value is -3.23. The van der Waals surface area contributed by atoms with Crippen molar-refractivity contribution in [3.63, 3.8) is 0 Å². The molecule has 2 aromatic heterocycles. The first-order chi connectivity index (χ1) is 11.5. The molecule has 9 heteroatoms. The van der Waals surface area contributed by atoms with Gasteiger partial charge in [0.15, 0.2) is 0 Å². The average Bonchev–Trinajstić information content (AvgIpc) is 3.13. The van der Waals surface area contributed by atoms with Crippen LogP contribution in [0.15, 0.2) is 36.7 Å². The fraction of sp³-hybridized carbons (Fsp3) is 0.267. The van der Waals surface area contributed by atoms with Gasteiger partial charge in [-0.3, -0.25) is 24.9 Å². The lowest BCUT2D eigenvalue weighted by molar-refractivity contribution is -0.385. The number of para-hydroxylation sites is 2. The van der Waals surface area contributed by atoms with Gasteiger partial charge < -0.3 is 4.57 Å². The van der Waals surface area contributed by atoms with Crippen molar-refractivity contribution in [2.24, 2.45) is 13.0 Å². The third-order valence-electron chi connectivity index (χ3n) is 3.76. The second-order valence-electron chi connectivity index (χ2n) is 5.55. The number of hydrogen-bond acceptors (Lipinski definition) is 5. The molecule has 0 aliphatic carbocycles. The van der Waals surface area contributed by atoms with Crippen LogP contribution < -0.4 is 5.32 Å². The first kappa shape index (κ1) is 15.7. The summed E-state index contributed by atoms with van der Waals surface area (Å²) < 4.78 is 3.19. The molecule has 0 bridgehead atoms. The number of carbonyl (C=O) groups is 1. The highest BCUT2D eigenvalue weighted by atomic mass is 16.6. The van der Waals surface area contributed by atoms with Crippen LogP contribution in [0.2, 0.25) is 0 Å². The molecule has 2 heterocycles. The summed E-state index contributed by atoms with van der Waals surface area (Å²) in [5.41, 5.74) is 1.62. The van der Waals surface area contributed by atoms with Crippen LogP contribution in [0.25, 0.3) is 11.0 Å². The zero-order valence-electron chi connectivity index (χ0n) is 13.2. The number of aryl methyl sites for hydroxylation is 1. The second-order valence-corrected chi connectivity index (χ2v) is 5.55. The van der Waals surface area contributed by atoms with Gasteiger partial charge in [-0.15, -0.1) is 0 Å². The maximum Gasteiger partial charge on any atom is 0.306 e. The highest BCUT2D eigenvalue weighted by molar-refractivity contribution is 5.92. The van der Waals surface area contributed by atoms with Gasteiger partial charge in [0.05, 0.1) is 28.4 Å². The lowest BCUT2D eigenvalue weighted by Crippen LogP contribution is -2.25. The maximum absolute atomic E-state index is 12.3. The molecule has 0 aliphatic heterocycles. The lowest BCUT2D eigenvalue weighted by atomic mass is 10.1. The molecule has 0 saturated carbocycles. The minimum Gasteiger partial charge on any atom is -0.313 e. The minimum atomic E-state index is -0.520. The largest absolute Gasteiger partial charge is 0.313 e. The Morgan fingerprint density at radius 3 is 2.83 bits per heavy atom. The summed E-state index contributed by atoms with van der Waals surface area (Å²) in [4.78, 5) is 26.9. The SMILES string of the molecule is CC(Cn1cc([N+](=O)[O-])cn1)C(=O)Nc1nc2ccccc2n1C. The van der Waals surface area contributed by atoms with Crippen molar-refractivity contribution in [2.75, 3.05) is 5.32 Å². The number of fused-ring (bicyclic) bond motifs is 1. The van der Waals surface area contributed by atoms with Gasteiger partial charge in [-0.25, -0.2) is 4.98 Å². The highest BCUT2D eigenvalue weighted by Crippen LogP contribution is 2.18. The van der Waals surface area contributed by atoms with E-state index in [1.807, 2.05) is 31.3 Å². The molecule has 1 N–H and O–H groups in total. The Morgan fingerprint density at radius 2 is 2.17 bits per heavy atom. The van der Waals surface area contributed by atoms with E-state index in [1.165, 1.54) is 10.9 Å². The predicted molar refractivity (Wildman–Crippen MR) is 87.4 cm³/mol. The molecule has 1 unspecified atom stereocenters. The van der Waals surface area contributed by atoms with E-state index in [0.29, 0.717) is 5.95 Å². The Morgan fingerprint density at radius 1 is 1.42 bits per heavy atom. The van der Waals surface area contributed by atoms with Crippen molar-refractivity contribution >= 4 is 28.6 Å². The number of amides is 1. The molecular formula is C15H16N6O3. The maximum atomic E-state index is 12.3. The number of nitrogens with one attached hydrogen (secondary N) is 1. The first-order valence-corrected chi connectivity index (χ1v) is 7.35. The summed E-state index contributed by atoms with van der Waals surface area (Å²) >= 11 is 0. The number of nitro groups is 1. The van der Waals surface area contributed by atoms with Crippen molar-refractivity contribution in [1.29, 1.82) is 0 Å². The van der Waals surface area contributed by atoms with Crippen LogP contribution in [0.1, 0.15) is 6.92 Å². The minimum absolute atomic E-state index is 0.0991. The number of rotatable bonds is 5. The van der Waals surface area contributed by atoms with Crippen molar-refractivity contribution in [1.82, 2.24) is 19.3 Å². The number of nitrogens with zero attached hydrogens (tertiary/aromatic N) is 5. The van der Waals surface area contributed by atoms with E-state index in [0.717, 1.165) is 17.2 Å². The standard InChI is InChI=1S/C15H16N6O3/c1-10(8-20-9-11(7-16-20)21(23)24)14(22)18-15-17-12-5-3-4-6-13(12)19(15)2/h3-7,9-10H,8H2,1-2H3,(H,17,18,22). The second kappa shape index (κ2) is 6.11. The zero-order chi connectivity index (χ0) is 17.3. The summed E-state index contributed by atoms with van der Waals surface area (Å²) in [6.45, 7) is 1.97. The summed E-state index contributed by atoms with van der Waals surface area (Å²) in [6, 6.07) is 7.58. The van der Waals surface area contributed by atoms with Crippen LogP contribution in [-0.2, 0) is 18.4 Å². The summed E-state index contributed by atoms with van der Waals surface area (Å²) in [6.07, 6.45) is 2.47. The van der Waals surface area contributed by atoms with E-state index < -0.39 is 10.8 Å². The fourth-order valence-electron chi connectivity index (χ4n) is 2.40. The smallest absolute Gasteiger partial charge is 0.306 e. The number of aromatic nitrogens is 4. The number of anilines is 1. The number of hydrogen-bond donors (Lipinski definition) is 1. The molecule has 1 aromatic carbocycles. The summed E-state index contributed by atoms with van der Waals surface area (Å²) in [7, 11) is 1.83. The van der Waals surface area contributed by atoms with Gasteiger partial charge in [-0.1, -0.05) is 19.1 Å². The van der Waals surface area contributed by atoms with Crippen LogP contribution in [0.3, 0.4) is 0 Å². The van der Waals surface area contributed by atoms with Crippen LogP contribution in [0.5, 0.6) is 0 Å². The normalized spacial score (nSPS) is 12.2. The van der Waals surface area contributed by atoms with Gasteiger partial charge in [0.2, 0.25) is 11.9 Å². The molecule has 0 saturated heterocycles. The van der Waals surface area contributed by atoms with Crippen LogP contribution in [0, 0.1) is 16.0 Å². The van der Waals surface area contributed by atoms with E-state index >= 15 is 0 Å². The third-order valence-corrected chi connectivity index (χ3v) is 3.76. The van der Waals surface area contributed by atoms with E-state index in [2.05, 4.69) is 15.4 Å². The molecule has 1 amide bonds. The van der Waals surface area contributed by atoms with Crippen LogP contribution >= 0.6 is 0 Å². The van der Waals surface area contributed by atoms with Crippen LogP contribution in [0.4, 0.5) is 11.6 Å². The number of benzene rings is 1. The molecule has 1 atom stereocenters. The Bertz CT molecular complexity index is 913. The fourth-order valence-corrected chi connectivity index (χ4v) is 2.40. The van der Waals surface area contributed by atoms with E-state index in [4.69, 9.17) is 0 Å². The zero-order valence-corrected chi connectivity index (χ0v) is 13.2. The van der Waals surface area contributed by atoms with Gasteiger partial charge in [0, 0.05) is 7.05 Å². The van der Waals surface area contributed by atoms with E-state index in [9.17, 15) is 14.9 Å². The van der Waals surface area contributed by atoms with E-state index in [1.54, 1.807) is 11.5 Å². The molecule has 0 aliphatic rings. The molecule has 9 nitrogen and oxygen atoms in total. The monoisotopic (exact) mass is 328 g/mol. The molecule has 3 aromatic rings. The predicted octanol–water partition coefficient (Wildman–Crippen LogP) is 1.95. The molecule has 3 rings (SSSR count). The summed E-state index contributed by atoms with van der Waals surface area (Å²) in [5, 5.41) is 17.3. The van der Waals surface area contributed by atoms with Crippen LogP contribution in [-0.4, -0.2) is 30.2 Å². The Balaban J connectivity index is 1.71. The molecule has 0 fully saturated rings. The molecule has 0 spiro atoms. The van der Waals surface area contributed by atoms with E-state index in [-0.39, 0.29) is 18.1 Å². The quantitative estimate of drug-likeness (QED) is 0.569. The van der Waals surface area contributed by atoms with Gasteiger partial charge in [-0.05, 0) is 12.1 Å². The van der Waals surface area contributed by atoms with Gasteiger partial charge in [-0.2, -0.15) is 5.10 Å². The topological polar surface area (TPSA) is 108 Å². The average molecular weight is 328 g/mol. The van der Waals surface area contributed by atoms with Crippen molar-refractivity contribution < 1.29 is 9.72 Å². The lowest BCUT2D eigenvalue weighted by Gasteiger charge is -2.11. The van der Waals surface area contributed by atoms with Gasteiger partial charge in [0.1, 0.15) is 12.4 Å². The van der Waals surface area contributed by atoms with Crippen molar-refractivity contribution in [2.45, 2.75) is 13.5 Å². The molecule has 0 radical (unpaired) electrons. The molecule has 24 heavy (non-hydrogen) atoms. The Kier molecular flexibility index (Phi) is 3.98. The third kappa shape index (κ3) is 2.96. The summed E-state index contributed by atoms with van der Waals surface area (Å²) in [5.74, 6) is -0.199. The number of imidazole rings is 1. The van der Waals surface area contributed by atoms with Crippen molar-refractivity contribution in [3.8, 4) is 0 Å².